The number of para-hydroxylation sites is 1. The number of likely N-dealkylation sites (N-methyl/N-ethyl adjacent to an activating group) is 1. The Kier molecular flexibility index (Phi) is 5.71. The van der Waals surface area contributed by atoms with Crippen LogP contribution in [0.1, 0.15) is 15.9 Å². The van der Waals surface area contributed by atoms with Gasteiger partial charge in [0.15, 0.2) is 0 Å². The predicted octanol–water partition coefficient (Wildman–Crippen LogP) is 3.65. The second-order valence-electron chi connectivity index (χ2n) is 6.18. The maximum atomic E-state index is 12.6. The summed E-state index contributed by atoms with van der Waals surface area (Å²) in [4.78, 5) is 26.2. The van der Waals surface area contributed by atoms with Gasteiger partial charge in [0.1, 0.15) is 0 Å². The highest BCUT2D eigenvalue weighted by Crippen LogP contribution is 2.20. The third-order valence-electron chi connectivity index (χ3n) is 4.04. The number of hydrogen-bond donors (Lipinski definition) is 1. The highest BCUT2D eigenvalue weighted by atomic mass is 79.9. The van der Waals surface area contributed by atoms with Gasteiger partial charge in [-0.05, 0) is 42.8 Å². The van der Waals surface area contributed by atoms with Gasteiger partial charge in [-0.2, -0.15) is 5.10 Å². The van der Waals surface area contributed by atoms with Crippen molar-refractivity contribution in [1.82, 2.24) is 14.7 Å². The van der Waals surface area contributed by atoms with Crippen LogP contribution in [-0.4, -0.2) is 40.1 Å². The molecule has 0 unspecified atom stereocenters. The largest absolute Gasteiger partial charge is 0.332 e. The van der Waals surface area contributed by atoms with Gasteiger partial charge in [0.05, 0.1) is 24.0 Å². The highest BCUT2D eigenvalue weighted by molar-refractivity contribution is 9.10. The Morgan fingerprint density at radius 3 is 2.63 bits per heavy atom. The Labute approximate surface area is 165 Å². The molecule has 138 valence electrons. The molecular formula is C20H19BrN4O2. The summed E-state index contributed by atoms with van der Waals surface area (Å²) in [6, 6.07) is 15.1. The Bertz CT molecular complexity index is 969. The van der Waals surface area contributed by atoms with Crippen LogP contribution in [0.4, 0.5) is 5.69 Å². The summed E-state index contributed by atoms with van der Waals surface area (Å²) in [6.07, 6.45) is 3.16. The van der Waals surface area contributed by atoms with Crippen molar-refractivity contribution in [2.75, 3.05) is 18.9 Å². The van der Waals surface area contributed by atoms with Gasteiger partial charge in [0.2, 0.25) is 5.91 Å². The fraction of sp³-hybridized carbons (Fsp3) is 0.150. The zero-order chi connectivity index (χ0) is 19.4. The van der Waals surface area contributed by atoms with E-state index in [2.05, 4.69) is 26.3 Å². The van der Waals surface area contributed by atoms with Gasteiger partial charge in [0.25, 0.3) is 5.91 Å². The Morgan fingerprint density at radius 1 is 1.19 bits per heavy atom. The molecule has 0 bridgehead atoms. The normalized spacial score (nSPS) is 10.5. The molecule has 0 aliphatic rings. The summed E-state index contributed by atoms with van der Waals surface area (Å²) in [6.45, 7) is 1.86. The van der Waals surface area contributed by atoms with E-state index in [9.17, 15) is 9.59 Å². The third-order valence-corrected chi connectivity index (χ3v) is 4.53. The van der Waals surface area contributed by atoms with Gasteiger partial charge in [0, 0.05) is 23.4 Å². The topological polar surface area (TPSA) is 67.2 Å². The number of benzene rings is 2. The average molecular weight is 427 g/mol. The van der Waals surface area contributed by atoms with E-state index < -0.39 is 0 Å². The van der Waals surface area contributed by atoms with Crippen LogP contribution >= 0.6 is 15.9 Å². The van der Waals surface area contributed by atoms with Gasteiger partial charge in [-0.1, -0.05) is 34.1 Å². The molecule has 1 heterocycles. The molecule has 0 radical (unpaired) electrons. The minimum Gasteiger partial charge on any atom is -0.332 e. The van der Waals surface area contributed by atoms with Crippen LogP contribution in [0, 0.1) is 6.92 Å². The number of amides is 2. The van der Waals surface area contributed by atoms with Crippen molar-refractivity contribution in [2.45, 2.75) is 6.92 Å². The number of aryl methyl sites for hydroxylation is 1. The van der Waals surface area contributed by atoms with Crippen molar-refractivity contribution >= 4 is 33.4 Å². The van der Waals surface area contributed by atoms with Crippen molar-refractivity contribution in [3.05, 3.63) is 76.5 Å². The van der Waals surface area contributed by atoms with Crippen LogP contribution in [0.3, 0.4) is 0 Å². The second kappa shape index (κ2) is 8.18. The van der Waals surface area contributed by atoms with E-state index in [1.807, 2.05) is 55.5 Å². The summed E-state index contributed by atoms with van der Waals surface area (Å²) in [5, 5.41) is 7.05. The minimum absolute atomic E-state index is 0.0507. The predicted molar refractivity (Wildman–Crippen MR) is 108 cm³/mol. The Morgan fingerprint density at radius 2 is 1.93 bits per heavy atom. The summed E-state index contributed by atoms with van der Waals surface area (Å²) >= 11 is 3.39. The highest BCUT2D eigenvalue weighted by Gasteiger charge is 2.17. The molecule has 6 nitrogen and oxygen atoms in total. The zero-order valence-corrected chi connectivity index (χ0v) is 16.6. The molecule has 2 aromatic carbocycles. The number of halogens is 1. The number of nitrogens with one attached hydrogen (secondary N) is 1. The van der Waals surface area contributed by atoms with Crippen LogP contribution in [0.15, 0.2) is 65.4 Å². The summed E-state index contributed by atoms with van der Waals surface area (Å²) in [7, 11) is 1.59. The van der Waals surface area contributed by atoms with E-state index >= 15 is 0 Å². The van der Waals surface area contributed by atoms with Crippen LogP contribution in [0.5, 0.6) is 0 Å². The first kappa shape index (κ1) is 18.8. The first-order valence-corrected chi connectivity index (χ1v) is 9.15. The number of nitrogens with zero attached hydrogens (tertiary/aromatic N) is 3. The molecule has 0 fully saturated rings. The molecule has 0 saturated heterocycles. The monoisotopic (exact) mass is 426 g/mol. The van der Waals surface area contributed by atoms with Crippen LogP contribution in [0.25, 0.3) is 5.69 Å². The zero-order valence-electron chi connectivity index (χ0n) is 15.0. The molecule has 7 heteroatoms. The molecule has 27 heavy (non-hydrogen) atoms. The molecular weight excluding hydrogens is 408 g/mol. The number of hydrogen-bond acceptors (Lipinski definition) is 3. The average Bonchev–Trinajstić information content (AvgIpc) is 3.14. The summed E-state index contributed by atoms with van der Waals surface area (Å²) in [5.74, 6) is -0.522. The molecule has 0 spiro atoms. The molecule has 1 N–H and O–H groups in total. The minimum atomic E-state index is -0.264. The molecule has 0 aliphatic carbocycles. The molecule has 1 aromatic heterocycles. The van der Waals surface area contributed by atoms with E-state index in [4.69, 9.17) is 0 Å². The van der Waals surface area contributed by atoms with E-state index in [-0.39, 0.29) is 18.4 Å². The third kappa shape index (κ3) is 4.62. The van der Waals surface area contributed by atoms with Crippen molar-refractivity contribution in [3.8, 4) is 5.69 Å². The Hall–Kier alpha value is -2.93. The van der Waals surface area contributed by atoms with Crippen molar-refractivity contribution in [1.29, 1.82) is 0 Å². The van der Waals surface area contributed by atoms with Gasteiger partial charge in [-0.25, -0.2) is 4.68 Å². The van der Waals surface area contributed by atoms with Gasteiger partial charge < -0.3 is 10.2 Å². The van der Waals surface area contributed by atoms with Gasteiger partial charge in [-0.15, -0.1) is 0 Å². The number of anilines is 1. The fourth-order valence-corrected chi connectivity index (χ4v) is 3.10. The lowest BCUT2D eigenvalue weighted by molar-refractivity contribution is -0.116. The van der Waals surface area contributed by atoms with Crippen LogP contribution in [0.2, 0.25) is 0 Å². The second-order valence-corrected chi connectivity index (χ2v) is 7.09. The molecule has 0 saturated carbocycles. The van der Waals surface area contributed by atoms with Crippen LogP contribution < -0.4 is 5.32 Å². The SMILES string of the molecule is Cc1cc(Br)ccc1NC(=O)CN(C)C(=O)c1cnn(-c2ccccc2)c1. The lowest BCUT2D eigenvalue weighted by Gasteiger charge is -2.16. The van der Waals surface area contributed by atoms with Crippen molar-refractivity contribution in [2.24, 2.45) is 0 Å². The molecule has 0 aliphatic heterocycles. The van der Waals surface area contributed by atoms with E-state index in [1.54, 1.807) is 17.9 Å². The first-order chi connectivity index (χ1) is 12.9. The summed E-state index contributed by atoms with van der Waals surface area (Å²) < 4.78 is 2.58. The molecule has 3 aromatic rings. The molecule has 0 atom stereocenters. The van der Waals surface area contributed by atoms with Crippen LogP contribution in [-0.2, 0) is 4.79 Å². The number of carbonyl (C=O) groups excluding carboxylic acids is 2. The standard InChI is InChI=1S/C20H19BrN4O2/c1-14-10-16(21)8-9-18(14)23-19(26)13-24(2)20(27)15-11-22-25(12-15)17-6-4-3-5-7-17/h3-12H,13H2,1-2H3,(H,23,26). The first-order valence-electron chi connectivity index (χ1n) is 8.35. The smallest absolute Gasteiger partial charge is 0.257 e. The van der Waals surface area contributed by atoms with Gasteiger partial charge in [-0.3, -0.25) is 9.59 Å². The van der Waals surface area contributed by atoms with E-state index in [0.29, 0.717) is 5.56 Å². The molecule has 3 rings (SSSR count). The van der Waals surface area contributed by atoms with E-state index in [1.165, 1.54) is 11.1 Å². The van der Waals surface area contributed by atoms with Crippen molar-refractivity contribution in [3.63, 3.8) is 0 Å². The molecule has 2 amide bonds. The van der Waals surface area contributed by atoms with Gasteiger partial charge >= 0.3 is 0 Å². The number of carbonyl (C=O) groups is 2. The van der Waals surface area contributed by atoms with E-state index in [0.717, 1.165) is 21.4 Å². The quantitative estimate of drug-likeness (QED) is 0.676. The fourth-order valence-electron chi connectivity index (χ4n) is 2.62. The lowest BCUT2D eigenvalue weighted by atomic mass is 10.2. The van der Waals surface area contributed by atoms with Crippen molar-refractivity contribution < 1.29 is 9.59 Å². The lowest BCUT2D eigenvalue weighted by Crippen LogP contribution is -2.34. The number of rotatable bonds is 5. The maximum absolute atomic E-state index is 12.6. The Balaban J connectivity index is 1.63. The number of aromatic nitrogens is 2. The maximum Gasteiger partial charge on any atom is 0.257 e. The summed E-state index contributed by atoms with van der Waals surface area (Å²) in [5.41, 5.74) is 2.95.